The Morgan fingerprint density at radius 3 is 1.31 bits per heavy atom. The van der Waals surface area contributed by atoms with Crippen molar-refractivity contribution in [3.8, 4) is 0 Å². The number of rotatable bonds is 76. The maximum atomic E-state index is 13.6. The molecule has 4 aliphatic rings. The highest BCUT2D eigenvalue weighted by Gasteiger charge is 2.51. The van der Waals surface area contributed by atoms with Crippen LogP contribution in [0.5, 0.6) is 0 Å². The molecule has 4 rings (SSSR count). The van der Waals surface area contributed by atoms with Crippen molar-refractivity contribution in [2.75, 3.05) is 199 Å². The largest absolute Gasteiger partial charge is 0.463 e. The molecule has 0 bridgehead atoms. The van der Waals surface area contributed by atoms with E-state index >= 15 is 0 Å². The zero-order valence-electron chi connectivity index (χ0n) is 79.7. The van der Waals surface area contributed by atoms with Crippen LogP contribution in [0, 0.1) is 41.4 Å². The Bertz CT molecular complexity index is 3010. The second-order valence-electron chi connectivity index (χ2n) is 34.3. The number of esters is 4. The Labute approximate surface area is 756 Å². The van der Waals surface area contributed by atoms with Crippen molar-refractivity contribution in [2.24, 2.45) is 41.4 Å². The van der Waals surface area contributed by atoms with Gasteiger partial charge >= 0.3 is 23.9 Å². The fourth-order valence-electron chi connectivity index (χ4n) is 15.2. The first-order valence-electron chi connectivity index (χ1n) is 47.1. The third-order valence-corrected chi connectivity index (χ3v) is 23.3. The molecule has 18 unspecified atom stereocenters. The van der Waals surface area contributed by atoms with Crippen molar-refractivity contribution in [1.29, 1.82) is 0 Å². The van der Waals surface area contributed by atoms with Crippen LogP contribution in [0.3, 0.4) is 0 Å². The molecule has 0 aromatic carbocycles. The summed E-state index contributed by atoms with van der Waals surface area (Å²) in [6.45, 7) is 32.9. The number of nitrogens with one attached hydrogen (secondary N) is 6. The normalized spacial score (nSPS) is 24.7. The number of carbonyl (C=O) groups is 9. The monoisotopic (exact) mass is 1820 g/mol. The molecule has 18 atom stereocenters. The number of ether oxygens (including phenoxy) is 20. The standard InChI is InChI=1S/C91H165N7O29/c1-16-18-22-45-116-85-68(6)77(59-121-73(11)100)126-88(70(85)8)118-47-24-21-32-81(105)95-41-29-42-98(14)84(107)33-26-44-113-61-90(97-91(64-123-91)36-51-110-53-55-112-57-56-111-54-52-109-43-17-2,63-115-50-35-83(108-15)96-40-28-39-93-80(104)30-19-23-46-117-87-67(5)65(3)66(4)76(125-87)58-120-72(10)99)62-114-49-34-82(106)94-38-27-37-92-79(103)31-20-25-48-119-89-71(9)86(124-75(13)102)69(7)78(127-89)60-122-74(12)101/h65-71,76-78,83,85-89,96-97H,16-64H2,1-15H3,(H,92,103)(H,93,104)(H,94,106)(H,95,105). The van der Waals surface area contributed by atoms with Crippen LogP contribution in [0.1, 0.15) is 225 Å². The average molecular weight is 1820 g/mol. The van der Waals surface area contributed by atoms with Gasteiger partial charge in [-0.05, 0) is 95.4 Å². The molecule has 4 aliphatic heterocycles. The molecule has 0 spiro atoms. The molecule has 4 saturated heterocycles. The molecule has 0 radical (unpaired) electrons. The van der Waals surface area contributed by atoms with Crippen LogP contribution < -0.4 is 31.9 Å². The molecule has 0 aromatic heterocycles. The van der Waals surface area contributed by atoms with Gasteiger partial charge in [0.2, 0.25) is 29.5 Å². The van der Waals surface area contributed by atoms with Gasteiger partial charge in [0.1, 0.15) is 44.0 Å². The molecule has 36 nitrogen and oxygen atoms in total. The molecular weight excluding hydrogens is 1660 g/mol. The van der Waals surface area contributed by atoms with Crippen LogP contribution >= 0.6 is 0 Å². The summed E-state index contributed by atoms with van der Waals surface area (Å²) in [5.74, 6) is -2.18. The molecule has 738 valence electrons. The molecule has 4 fully saturated rings. The third kappa shape index (κ3) is 49.7. The van der Waals surface area contributed by atoms with Crippen LogP contribution in [0.25, 0.3) is 0 Å². The van der Waals surface area contributed by atoms with Crippen LogP contribution in [0.4, 0.5) is 0 Å². The van der Waals surface area contributed by atoms with E-state index in [2.05, 4.69) is 80.4 Å². The lowest BCUT2D eigenvalue weighted by Gasteiger charge is -2.44. The predicted octanol–water partition coefficient (Wildman–Crippen LogP) is 7.56. The molecule has 127 heavy (non-hydrogen) atoms. The maximum Gasteiger partial charge on any atom is 0.302 e. The Balaban J connectivity index is 1.32. The summed E-state index contributed by atoms with van der Waals surface area (Å²) in [4.78, 5) is 114. The highest BCUT2D eigenvalue weighted by Crippen LogP contribution is 2.38. The fourth-order valence-corrected chi connectivity index (χ4v) is 15.2. The molecular formula is C91H165N7O29. The van der Waals surface area contributed by atoms with Gasteiger partial charge in [-0.3, -0.25) is 53.8 Å². The zero-order valence-corrected chi connectivity index (χ0v) is 79.7. The predicted molar refractivity (Wildman–Crippen MR) is 470 cm³/mol. The van der Waals surface area contributed by atoms with Crippen LogP contribution in [0.2, 0.25) is 0 Å². The van der Waals surface area contributed by atoms with Crippen molar-refractivity contribution in [1.82, 2.24) is 36.8 Å². The molecule has 4 heterocycles. The zero-order chi connectivity index (χ0) is 93.0. The number of hydrogen-bond donors (Lipinski definition) is 6. The first-order valence-corrected chi connectivity index (χ1v) is 47.1. The van der Waals surface area contributed by atoms with Gasteiger partial charge in [0.25, 0.3) is 0 Å². The first-order chi connectivity index (χ1) is 61.1. The van der Waals surface area contributed by atoms with Gasteiger partial charge < -0.3 is 121 Å². The minimum Gasteiger partial charge on any atom is -0.463 e. The van der Waals surface area contributed by atoms with E-state index in [-0.39, 0.29) is 181 Å². The van der Waals surface area contributed by atoms with Gasteiger partial charge in [-0.1, -0.05) is 75.2 Å². The van der Waals surface area contributed by atoms with Gasteiger partial charge in [0.05, 0.1) is 110 Å². The van der Waals surface area contributed by atoms with Gasteiger partial charge in [-0.25, -0.2) is 0 Å². The molecule has 36 heteroatoms. The number of hydrogen-bond acceptors (Lipinski definition) is 31. The highest BCUT2D eigenvalue weighted by molar-refractivity contribution is 5.77. The molecule has 0 aliphatic carbocycles. The lowest BCUT2D eigenvalue weighted by atomic mass is 9.79. The third-order valence-electron chi connectivity index (χ3n) is 23.3. The summed E-state index contributed by atoms with van der Waals surface area (Å²) in [6, 6.07) is 0. The van der Waals surface area contributed by atoms with E-state index in [1.807, 2.05) is 13.8 Å². The number of nitrogens with zero attached hydrogens (tertiary/aromatic N) is 1. The Morgan fingerprint density at radius 2 is 0.827 bits per heavy atom. The minimum atomic E-state index is -1.07. The van der Waals surface area contributed by atoms with E-state index < -0.39 is 60.5 Å². The fraction of sp³-hybridized carbons (Fsp3) is 0.901. The van der Waals surface area contributed by atoms with E-state index in [4.69, 9.17) is 94.7 Å². The Morgan fingerprint density at radius 1 is 0.402 bits per heavy atom. The molecule has 0 aromatic rings. The summed E-state index contributed by atoms with van der Waals surface area (Å²) in [5.41, 5.74) is -1.92. The van der Waals surface area contributed by atoms with Crippen molar-refractivity contribution in [3.05, 3.63) is 0 Å². The number of epoxide rings is 1. The molecule has 5 amide bonds. The second-order valence-corrected chi connectivity index (χ2v) is 34.3. The maximum absolute atomic E-state index is 13.6. The summed E-state index contributed by atoms with van der Waals surface area (Å²) in [7, 11) is 3.35. The van der Waals surface area contributed by atoms with Gasteiger partial charge in [0, 0.05) is 189 Å². The smallest absolute Gasteiger partial charge is 0.302 e. The SMILES string of the molecule is CCCCCOC1C(C)C(COC(C)=O)OC(OCCCCC(=O)NCCCN(C)C(=O)CCCOCC(COCCC(=O)NCCCNC(=O)CCCCOC2OC(COC(C)=O)C(C)C(OC(C)=O)C2C)(COCCC(NCCCNC(=O)CCCCOC2OC(COC(C)=O)C(C)C(C)C2C)OC)NC2(CCOCCOCCOCCOCCC)CO2)C1C. The quantitative estimate of drug-likeness (QED) is 0.0112. The number of methoxy groups -OCH3 is 1. The van der Waals surface area contributed by atoms with Crippen molar-refractivity contribution in [2.45, 2.75) is 292 Å². The van der Waals surface area contributed by atoms with Crippen LogP contribution in [0.15, 0.2) is 0 Å². The molecule has 6 N–H and O–H groups in total. The second kappa shape index (κ2) is 67.6. The van der Waals surface area contributed by atoms with E-state index in [1.54, 1.807) is 19.1 Å². The Hall–Kier alpha value is -5.49. The van der Waals surface area contributed by atoms with Crippen LogP contribution in [-0.4, -0.2) is 324 Å². The minimum absolute atomic E-state index is 0.00743. The van der Waals surface area contributed by atoms with Crippen molar-refractivity contribution in [3.63, 3.8) is 0 Å². The van der Waals surface area contributed by atoms with E-state index in [1.165, 1.54) is 27.7 Å². The summed E-state index contributed by atoms with van der Waals surface area (Å²) >= 11 is 0. The Kier molecular flexibility index (Phi) is 60.6. The number of unbranched alkanes of at least 4 members (excludes halogenated alkanes) is 5. The van der Waals surface area contributed by atoms with E-state index in [0.717, 1.165) is 25.7 Å². The highest BCUT2D eigenvalue weighted by atomic mass is 16.7. The topological polar surface area (TPSA) is 417 Å². The van der Waals surface area contributed by atoms with Gasteiger partial charge in [-0.2, -0.15) is 0 Å². The molecule has 0 saturated carbocycles. The van der Waals surface area contributed by atoms with E-state index in [0.29, 0.717) is 214 Å². The van der Waals surface area contributed by atoms with Crippen LogP contribution in [-0.2, 0) is 138 Å². The van der Waals surface area contributed by atoms with Gasteiger partial charge in [0.15, 0.2) is 18.9 Å². The van der Waals surface area contributed by atoms with Gasteiger partial charge in [-0.15, -0.1) is 0 Å². The van der Waals surface area contributed by atoms with E-state index in [9.17, 15) is 43.2 Å². The number of amides is 5. The summed E-state index contributed by atoms with van der Waals surface area (Å²) < 4.78 is 119. The lowest BCUT2D eigenvalue weighted by Crippen LogP contribution is -2.61. The lowest BCUT2D eigenvalue weighted by molar-refractivity contribution is -0.275. The summed E-state index contributed by atoms with van der Waals surface area (Å²) in [5, 5.41) is 19.0. The average Bonchev–Trinajstić information content (AvgIpc) is 1.64. The van der Waals surface area contributed by atoms with Crippen molar-refractivity contribution >= 4 is 53.4 Å². The summed E-state index contributed by atoms with van der Waals surface area (Å²) in [6.07, 6.45) is 7.93. The number of carbonyl (C=O) groups excluding carboxylic acids is 9. The van der Waals surface area contributed by atoms with Crippen molar-refractivity contribution < 1.29 is 138 Å². The first kappa shape index (κ1) is 114.